The average Bonchev–Trinajstić information content (AvgIpc) is 2.01. The molecule has 0 saturated carbocycles. The normalized spacial score (nSPS) is 9.50. The second kappa shape index (κ2) is 3.97. The monoisotopic (exact) mass is 215 g/mol. The fourth-order valence-electron chi connectivity index (χ4n) is 0.934. The van der Waals surface area contributed by atoms with Gasteiger partial charge in [-0.05, 0) is 24.4 Å². The van der Waals surface area contributed by atoms with Crippen LogP contribution in [0.2, 0.25) is 0 Å². The summed E-state index contributed by atoms with van der Waals surface area (Å²) >= 11 is 4.49. The second-order valence-electron chi connectivity index (χ2n) is 2.38. The van der Waals surface area contributed by atoms with Gasteiger partial charge in [0, 0.05) is 0 Å². The topological polar surface area (TPSA) is 81.2 Å². The molecule has 0 aliphatic carbocycles. The lowest BCUT2D eigenvalue weighted by atomic mass is 10.2. The molecule has 5 nitrogen and oxygen atoms in total. The molecule has 0 aromatic heterocycles. The molecule has 0 amide bonds. The molecule has 0 bridgehead atoms. The average molecular weight is 215 g/mol. The fraction of sp³-hybridized carbons (Fsp3) is 0. The van der Waals surface area contributed by atoms with Crippen LogP contribution in [-0.2, 0) is 0 Å². The minimum atomic E-state index is -0.934. The van der Waals surface area contributed by atoms with E-state index in [-0.39, 0.29) is 10.8 Å². The molecule has 7 heteroatoms. The lowest BCUT2D eigenvalue weighted by Crippen LogP contribution is -2.19. The van der Waals surface area contributed by atoms with Crippen LogP contribution >= 0.6 is 12.2 Å². The van der Waals surface area contributed by atoms with Gasteiger partial charge in [0.2, 0.25) is 5.82 Å². The molecule has 1 aromatic carbocycles. The molecular formula is C7H6FN3O2S. The molecule has 0 radical (unpaired) electrons. The first kappa shape index (κ1) is 10.3. The SMILES string of the molecule is NC(=S)Nc1cccc(F)c1[N+](=O)[O-]. The number of para-hydroxylation sites is 1. The fourth-order valence-corrected chi connectivity index (χ4v) is 1.04. The number of nitrogens with zero attached hydrogens (tertiary/aromatic N) is 1. The number of benzene rings is 1. The summed E-state index contributed by atoms with van der Waals surface area (Å²) < 4.78 is 13.0. The number of nitro benzene ring substituents is 1. The summed E-state index contributed by atoms with van der Waals surface area (Å²) in [5.74, 6) is -0.934. The number of anilines is 1. The molecule has 0 aliphatic heterocycles. The Morgan fingerprint density at radius 2 is 2.29 bits per heavy atom. The van der Waals surface area contributed by atoms with Crippen molar-refractivity contribution in [1.29, 1.82) is 0 Å². The Labute approximate surface area is 83.9 Å². The van der Waals surface area contributed by atoms with Crippen molar-refractivity contribution in [3.05, 3.63) is 34.1 Å². The quantitative estimate of drug-likeness (QED) is 0.442. The van der Waals surface area contributed by atoms with Crippen LogP contribution in [0.1, 0.15) is 0 Å². The summed E-state index contributed by atoms with van der Waals surface area (Å²) in [6, 6.07) is 3.63. The Morgan fingerprint density at radius 1 is 1.64 bits per heavy atom. The van der Waals surface area contributed by atoms with Gasteiger partial charge in [-0.2, -0.15) is 4.39 Å². The van der Waals surface area contributed by atoms with Gasteiger partial charge < -0.3 is 11.1 Å². The third-order valence-electron chi connectivity index (χ3n) is 1.43. The maximum Gasteiger partial charge on any atom is 0.328 e. The Hall–Kier alpha value is -1.76. The number of nitrogens with two attached hydrogens (primary N) is 1. The van der Waals surface area contributed by atoms with Crippen molar-refractivity contribution in [3.8, 4) is 0 Å². The minimum Gasteiger partial charge on any atom is -0.376 e. The van der Waals surface area contributed by atoms with Crippen LogP contribution in [-0.4, -0.2) is 10.0 Å². The van der Waals surface area contributed by atoms with Crippen molar-refractivity contribution in [2.75, 3.05) is 5.32 Å². The highest BCUT2D eigenvalue weighted by Gasteiger charge is 2.19. The molecule has 14 heavy (non-hydrogen) atoms. The number of thiocarbonyl (C=S) groups is 1. The van der Waals surface area contributed by atoms with Crippen LogP contribution in [0.3, 0.4) is 0 Å². The molecule has 0 saturated heterocycles. The lowest BCUT2D eigenvalue weighted by Gasteiger charge is -2.04. The highest BCUT2D eigenvalue weighted by atomic mass is 32.1. The largest absolute Gasteiger partial charge is 0.376 e. The van der Waals surface area contributed by atoms with Gasteiger partial charge in [0.05, 0.1) is 4.92 Å². The van der Waals surface area contributed by atoms with E-state index in [2.05, 4.69) is 17.5 Å². The summed E-state index contributed by atoms with van der Waals surface area (Å²) in [5, 5.41) is 12.6. The zero-order chi connectivity index (χ0) is 10.7. The van der Waals surface area contributed by atoms with Gasteiger partial charge >= 0.3 is 5.69 Å². The predicted molar refractivity (Wildman–Crippen MR) is 53.5 cm³/mol. The number of nitrogens with one attached hydrogen (secondary N) is 1. The number of hydrogen-bond acceptors (Lipinski definition) is 3. The van der Waals surface area contributed by atoms with E-state index in [0.717, 1.165) is 6.07 Å². The van der Waals surface area contributed by atoms with Crippen molar-refractivity contribution < 1.29 is 9.31 Å². The number of rotatable bonds is 2. The highest BCUT2D eigenvalue weighted by molar-refractivity contribution is 7.80. The molecule has 1 rings (SSSR count). The molecule has 0 spiro atoms. The third-order valence-corrected chi connectivity index (χ3v) is 1.53. The van der Waals surface area contributed by atoms with Gasteiger partial charge in [0.25, 0.3) is 0 Å². The van der Waals surface area contributed by atoms with Crippen LogP contribution in [0.25, 0.3) is 0 Å². The Bertz CT molecular complexity index is 397. The molecule has 1 aromatic rings. The van der Waals surface area contributed by atoms with E-state index in [1.54, 1.807) is 0 Å². The van der Waals surface area contributed by atoms with E-state index in [9.17, 15) is 14.5 Å². The summed E-state index contributed by atoms with van der Waals surface area (Å²) in [6.07, 6.45) is 0. The summed E-state index contributed by atoms with van der Waals surface area (Å²) in [7, 11) is 0. The van der Waals surface area contributed by atoms with Gasteiger partial charge in [-0.15, -0.1) is 0 Å². The van der Waals surface area contributed by atoms with Gasteiger partial charge in [-0.25, -0.2) is 0 Å². The Kier molecular flexibility index (Phi) is 2.92. The lowest BCUT2D eigenvalue weighted by molar-refractivity contribution is -0.386. The standard InChI is InChI=1S/C7H6FN3O2S/c8-4-2-1-3-5(10-7(9)14)6(4)11(12)13/h1-3H,(H3,9,10,14). The van der Waals surface area contributed by atoms with Crippen LogP contribution in [0.4, 0.5) is 15.8 Å². The summed E-state index contributed by atoms with van der Waals surface area (Å²) in [5.41, 5.74) is 4.40. The Balaban J connectivity index is 3.21. The van der Waals surface area contributed by atoms with Crippen LogP contribution in [0.15, 0.2) is 18.2 Å². The molecule has 0 atom stereocenters. The zero-order valence-corrected chi connectivity index (χ0v) is 7.68. The molecule has 0 aliphatic rings. The van der Waals surface area contributed by atoms with Crippen LogP contribution in [0.5, 0.6) is 0 Å². The van der Waals surface area contributed by atoms with E-state index in [1.807, 2.05) is 0 Å². The van der Waals surface area contributed by atoms with Crippen LogP contribution in [0, 0.1) is 15.9 Å². The molecule has 0 heterocycles. The Morgan fingerprint density at radius 3 is 2.79 bits per heavy atom. The van der Waals surface area contributed by atoms with E-state index in [1.165, 1.54) is 12.1 Å². The van der Waals surface area contributed by atoms with E-state index < -0.39 is 16.4 Å². The smallest absolute Gasteiger partial charge is 0.328 e. The number of nitro groups is 1. The molecule has 0 unspecified atom stereocenters. The molecular weight excluding hydrogens is 209 g/mol. The van der Waals surface area contributed by atoms with Crippen molar-refractivity contribution in [2.24, 2.45) is 5.73 Å². The van der Waals surface area contributed by atoms with Gasteiger partial charge in [0.1, 0.15) is 5.69 Å². The van der Waals surface area contributed by atoms with Crippen molar-refractivity contribution in [3.63, 3.8) is 0 Å². The van der Waals surface area contributed by atoms with Gasteiger partial charge in [-0.3, -0.25) is 10.1 Å². The first-order valence-electron chi connectivity index (χ1n) is 3.51. The summed E-state index contributed by atoms with van der Waals surface area (Å²) in [4.78, 5) is 9.63. The molecule has 3 N–H and O–H groups in total. The van der Waals surface area contributed by atoms with Crippen LogP contribution < -0.4 is 11.1 Å². The first-order chi connectivity index (χ1) is 6.52. The van der Waals surface area contributed by atoms with E-state index in [0.29, 0.717) is 0 Å². The maximum atomic E-state index is 13.0. The first-order valence-corrected chi connectivity index (χ1v) is 3.92. The second-order valence-corrected chi connectivity index (χ2v) is 2.82. The molecule has 0 fully saturated rings. The zero-order valence-electron chi connectivity index (χ0n) is 6.86. The van der Waals surface area contributed by atoms with Crippen molar-refractivity contribution >= 4 is 28.7 Å². The number of hydrogen-bond donors (Lipinski definition) is 2. The highest BCUT2D eigenvalue weighted by Crippen LogP contribution is 2.26. The predicted octanol–water partition coefficient (Wildman–Crippen LogP) is 1.39. The maximum absolute atomic E-state index is 13.0. The van der Waals surface area contributed by atoms with Gasteiger partial charge in [0.15, 0.2) is 5.11 Å². The third kappa shape index (κ3) is 2.13. The number of halogens is 1. The summed E-state index contributed by atoms with van der Waals surface area (Å²) in [6.45, 7) is 0. The molecule has 74 valence electrons. The van der Waals surface area contributed by atoms with E-state index >= 15 is 0 Å². The van der Waals surface area contributed by atoms with E-state index in [4.69, 9.17) is 5.73 Å². The van der Waals surface area contributed by atoms with Gasteiger partial charge in [-0.1, -0.05) is 6.07 Å². The van der Waals surface area contributed by atoms with Crippen molar-refractivity contribution in [1.82, 2.24) is 0 Å². The van der Waals surface area contributed by atoms with Crippen molar-refractivity contribution in [2.45, 2.75) is 0 Å². The minimum absolute atomic E-state index is 0.0532.